The summed E-state index contributed by atoms with van der Waals surface area (Å²) in [6, 6.07) is 0.556. The molecular weight excluding hydrogens is 148 g/mol. The standard InChI is InChI=1S/C10H24N2/c1-8(2)10(5,7-11)12(6)9(3)4/h8-9H,7,11H2,1-6H3. The van der Waals surface area contributed by atoms with E-state index in [4.69, 9.17) is 5.73 Å². The number of hydrogen-bond donors (Lipinski definition) is 1. The molecule has 2 heteroatoms. The smallest absolute Gasteiger partial charge is 0.0326 e. The summed E-state index contributed by atoms with van der Waals surface area (Å²) in [5.74, 6) is 0.592. The number of nitrogens with zero attached hydrogens (tertiary/aromatic N) is 1. The molecule has 0 radical (unpaired) electrons. The maximum Gasteiger partial charge on any atom is 0.0326 e. The van der Waals surface area contributed by atoms with Crippen molar-refractivity contribution in [3.05, 3.63) is 0 Å². The van der Waals surface area contributed by atoms with Gasteiger partial charge in [0.25, 0.3) is 0 Å². The van der Waals surface area contributed by atoms with Crippen molar-refractivity contribution in [2.45, 2.75) is 46.2 Å². The van der Waals surface area contributed by atoms with Gasteiger partial charge in [0.1, 0.15) is 0 Å². The molecule has 0 aromatic heterocycles. The van der Waals surface area contributed by atoms with Crippen LogP contribution in [0.1, 0.15) is 34.6 Å². The van der Waals surface area contributed by atoms with Crippen LogP contribution in [0.25, 0.3) is 0 Å². The first-order valence-electron chi connectivity index (χ1n) is 4.79. The van der Waals surface area contributed by atoms with Crippen molar-refractivity contribution < 1.29 is 0 Å². The number of nitrogens with two attached hydrogens (primary N) is 1. The molecule has 0 aliphatic carbocycles. The van der Waals surface area contributed by atoms with Crippen LogP contribution in [-0.4, -0.2) is 30.1 Å². The van der Waals surface area contributed by atoms with Gasteiger partial charge >= 0.3 is 0 Å². The van der Waals surface area contributed by atoms with E-state index in [2.05, 4.69) is 46.6 Å². The summed E-state index contributed by atoms with van der Waals surface area (Å²) < 4.78 is 0. The maximum atomic E-state index is 5.80. The van der Waals surface area contributed by atoms with Crippen LogP contribution < -0.4 is 5.73 Å². The van der Waals surface area contributed by atoms with Gasteiger partial charge in [-0.3, -0.25) is 4.90 Å². The van der Waals surface area contributed by atoms with E-state index in [-0.39, 0.29) is 5.54 Å². The Labute approximate surface area is 77.1 Å². The highest BCUT2D eigenvalue weighted by Gasteiger charge is 2.32. The molecule has 0 spiro atoms. The third-order valence-electron chi connectivity index (χ3n) is 3.24. The van der Waals surface area contributed by atoms with Crippen LogP contribution in [-0.2, 0) is 0 Å². The Morgan fingerprint density at radius 3 is 1.75 bits per heavy atom. The van der Waals surface area contributed by atoms with Crippen LogP contribution in [0.2, 0.25) is 0 Å². The number of rotatable bonds is 4. The predicted molar refractivity (Wildman–Crippen MR) is 55.2 cm³/mol. The van der Waals surface area contributed by atoms with Crippen molar-refractivity contribution in [1.82, 2.24) is 4.90 Å². The molecule has 0 aromatic rings. The van der Waals surface area contributed by atoms with Gasteiger partial charge in [-0.2, -0.15) is 0 Å². The van der Waals surface area contributed by atoms with Crippen molar-refractivity contribution in [3.8, 4) is 0 Å². The van der Waals surface area contributed by atoms with Crippen molar-refractivity contribution in [2.75, 3.05) is 13.6 Å². The summed E-state index contributed by atoms with van der Waals surface area (Å²) in [4.78, 5) is 2.36. The van der Waals surface area contributed by atoms with Gasteiger partial charge in [0.15, 0.2) is 0 Å². The van der Waals surface area contributed by atoms with E-state index in [0.717, 1.165) is 6.54 Å². The van der Waals surface area contributed by atoms with Crippen molar-refractivity contribution >= 4 is 0 Å². The molecule has 0 bridgehead atoms. The third kappa shape index (κ3) is 2.20. The summed E-state index contributed by atoms with van der Waals surface area (Å²) >= 11 is 0. The molecule has 12 heavy (non-hydrogen) atoms. The quantitative estimate of drug-likeness (QED) is 0.699. The van der Waals surface area contributed by atoms with E-state index in [1.54, 1.807) is 0 Å². The van der Waals surface area contributed by atoms with Gasteiger partial charge in [-0.15, -0.1) is 0 Å². The summed E-state index contributed by atoms with van der Waals surface area (Å²) in [6.07, 6.45) is 0. The molecule has 0 aliphatic heterocycles. The Morgan fingerprint density at radius 1 is 1.25 bits per heavy atom. The lowest BCUT2D eigenvalue weighted by Crippen LogP contribution is -2.55. The molecule has 0 amide bonds. The Balaban J connectivity index is 4.51. The number of likely N-dealkylation sites (N-methyl/N-ethyl adjacent to an activating group) is 1. The molecule has 0 heterocycles. The summed E-state index contributed by atoms with van der Waals surface area (Å²) in [7, 11) is 2.15. The van der Waals surface area contributed by atoms with Crippen molar-refractivity contribution in [3.63, 3.8) is 0 Å². The average Bonchev–Trinajstić information content (AvgIpc) is 2.01. The number of hydrogen-bond acceptors (Lipinski definition) is 2. The topological polar surface area (TPSA) is 29.3 Å². The summed E-state index contributed by atoms with van der Waals surface area (Å²) in [6.45, 7) is 11.8. The summed E-state index contributed by atoms with van der Waals surface area (Å²) in [5, 5.41) is 0. The Morgan fingerprint density at radius 2 is 1.67 bits per heavy atom. The Kier molecular flexibility index (Phi) is 4.21. The lowest BCUT2D eigenvalue weighted by Gasteiger charge is -2.44. The van der Waals surface area contributed by atoms with Gasteiger partial charge in [0, 0.05) is 18.1 Å². The minimum absolute atomic E-state index is 0.133. The minimum atomic E-state index is 0.133. The van der Waals surface area contributed by atoms with Crippen LogP contribution in [0.3, 0.4) is 0 Å². The van der Waals surface area contributed by atoms with E-state index >= 15 is 0 Å². The molecule has 0 aliphatic rings. The molecule has 0 rings (SSSR count). The first kappa shape index (κ1) is 11.9. The largest absolute Gasteiger partial charge is 0.329 e. The van der Waals surface area contributed by atoms with Crippen LogP contribution in [0.4, 0.5) is 0 Å². The van der Waals surface area contributed by atoms with Gasteiger partial charge in [-0.05, 0) is 33.7 Å². The Bertz CT molecular complexity index is 132. The zero-order valence-corrected chi connectivity index (χ0v) is 9.39. The van der Waals surface area contributed by atoms with Crippen LogP contribution in [0.15, 0.2) is 0 Å². The van der Waals surface area contributed by atoms with Gasteiger partial charge in [0.05, 0.1) is 0 Å². The monoisotopic (exact) mass is 172 g/mol. The van der Waals surface area contributed by atoms with E-state index in [1.807, 2.05) is 0 Å². The zero-order chi connectivity index (χ0) is 9.94. The molecular formula is C10H24N2. The fourth-order valence-corrected chi connectivity index (χ4v) is 1.38. The highest BCUT2D eigenvalue weighted by Crippen LogP contribution is 2.23. The van der Waals surface area contributed by atoms with Gasteiger partial charge in [-0.25, -0.2) is 0 Å². The van der Waals surface area contributed by atoms with Crippen LogP contribution >= 0.6 is 0 Å². The molecule has 2 N–H and O–H groups in total. The summed E-state index contributed by atoms with van der Waals surface area (Å²) in [5.41, 5.74) is 5.94. The van der Waals surface area contributed by atoms with Crippen LogP contribution in [0, 0.1) is 5.92 Å². The van der Waals surface area contributed by atoms with Gasteiger partial charge in [0.2, 0.25) is 0 Å². The second-order valence-electron chi connectivity index (χ2n) is 4.42. The lowest BCUT2D eigenvalue weighted by atomic mass is 9.86. The molecule has 0 saturated heterocycles. The van der Waals surface area contributed by atoms with E-state index in [0.29, 0.717) is 12.0 Å². The van der Waals surface area contributed by atoms with E-state index in [1.165, 1.54) is 0 Å². The molecule has 1 atom stereocenters. The van der Waals surface area contributed by atoms with Crippen molar-refractivity contribution in [2.24, 2.45) is 11.7 Å². The highest BCUT2D eigenvalue weighted by atomic mass is 15.2. The lowest BCUT2D eigenvalue weighted by molar-refractivity contribution is 0.0662. The van der Waals surface area contributed by atoms with E-state index in [9.17, 15) is 0 Å². The molecule has 0 fully saturated rings. The third-order valence-corrected chi connectivity index (χ3v) is 3.24. The fourth-order valence-electron chi connectivity index (χ4n) is 1.38. The molecule has 1 unspecified atom stereocenters. The molecule has 0 aromatic carbocycles. The van der Waals surface area contributed by atoms with Gasteiger partial charge < -0.3 is 5.73 Å². The SMILES string of the molecule is CC(C)N(C)C(C)(CN)C(C)C. The molecule has 74 valence electrons. The maximum absolute atomic E-state index is 5.80. The fraction of sp³-hybridized carbons (Fsp3) is 1.00. The average molecular weight is 172 g/mol. The zero-order valence-electron chi connectivity index (χ0n) is 9.39. The Hall–Kier alpha value is -0.0800. The first-order chi connectivity index (χ1) is 5.36. The second kappa shape index (κ2) is 4.24. The normalized spacial score (nSPS) is 17.5. The molecule has 2 nitrogen and oxygen atoms in total. The highest BCUT2D eigenvalue weighted by molar-refractivity contribution is 4.89. The second-order valence-corrected chi connectivity index (χ2v) is 4.42. The minimum Gasteiger partial charge on any atom is -0.329 e. The van der Waals surface area contributed by atoms with Crippen LogP contribution in [0.5, 0.6) is 0 Å². The van der Waals surface area contributed by atoms with Crippen molar-refractivity contribution in [1.29, 1.82) is 0 Å². The van der Waals surface area contributed by atoms with Gasteiger partial charge in [-0.1, -0.05) is 13.8 Å². The first-order valence-corrected chi connectivity index (χ1v) is 4.79. The molecule has 0 saturated carbocycles. The van der Waals surface area contributed by atoms with E-state index < -0.39 is 0 Å². The predicted octanol–water partition coefficient (Wildman–Crippen LogP) is 1.70.